The van der Waals surface area contributed by atoms with Crippen molar-refractivity contribution in [1.82, 2.24) is 14.9 Å². The average Bonchev–Trinajstić information content (AvgIpc) is 2.73. The number of aromatic nitrogens is 2. The van der Waals surface area contributed by atoms with E-state index in [0.29, 0.717) is 17.3 Å². The number of nitrogens with zero attached hydrogens (tertiary/aromatic N) is 2. The van der Waals surface area contributed by atoms with Crippen molar-refractivity contribution in [3.63, 3.8) is 0 Å². The minimum absolute atomic E-state index is 0.0140. The molecule has 4 rings (SSSR count). The van der Waals surface area contributed by atoms with Crippen LogP contribution in [0.25, 0.3) is 10.8 Å². The Hall–Kier alpha value is -3.34. The molecule has 1 aliphatic heterocycles. The van der Waals surface area contributed by atoms with Gasteiger partial charge in [0.25, 0.3) is 11.5 Å². The highest BCUT2D eigenvalue weighted by atomic mass is 19.4. The third-order valence-electron chi connectivity index (χ3n) is 5.13. The zero-order valence-corrected chi connectivity index (χ0v) is 15.9. The van der Waals surface area contributed by atoms with Crippen LogP contribution in [0.3, 0.4) is 0 Å². The molecule has 3 aromatic rings. The maximum atomic E-state index is 13.9. The molecule has 1 unspecified atom stereocenters. The molecule has 0 saturated heterocycles. The number of hydrogen-bond acceptors (Lipinski definition) is 4. The summed E-state index contributed by atoms with van der Waals surface area (Å²) in [7, 11) is 1.39. The van der Waals surface area contributed by atoms with Crippen LogP contribution in [0.15, 0.2) is 35.3 Å². The minimum atomic E-state index is -4.65. The quantitative estimate of drug-likeness (QED) is 0.620. The van der Waals surface area contributed by atoms with Gasteiger partial charge < -0.3 is 14.6 Å². The molecule has 1 N–H and O–H groups in total. The number of hydrogen-bond donors (Lipinski definition) is 1. The van der Waals surface area contributed by atoms with Crippen molar-refractivity contribution in [3.8, 4) is 0 Å². The van der Waals surface area contributed by atoms with Crippen LogP contribution in [0, 0.1) is 11.6 Å². The molecule has 2 aromatic heterocycles. The van der Waals surface area contributed by atoms with Crippen LogP contribution in [0.1, 0.15) is 33.4 Å². The number of carbonyl (C=O) groups excluding carboxylic acids is 1. The summed E-state index contributed by atoms with van der Waals surface area (Å²) in [6, 6.07) is 2.53. The zero-order valence-electron chi connectivity index (χ0n) is 15.9. The monoisotopic (exact) mass is 439 g/mol. The second-order valence-corrected chi connectivity index (χ2v) is 7.04. The van der Waals surface area contributed by atoms with Gasteiger partial charge in [-0.05, 0) is 29.7 Å². The topological polar surface area (TPSA) is 75.3 Å². The number of carbonyl (C=O) groups is 1. The Morgan fingerprint density at radius 2 is 1.87 bits per heavy atom. The first kappa shape index (κ1) is 20.9. The lowest BCUT2D eigenvalue weighted by molar-refractivity contribution is -0.141. The Kier molecular flexibility index (Phi) is 5.00. The van der Waals surface area contributed by atoms with E-state index in [1.165, 1.54) is 11.9 Å². The molecule has 0 spiro atoms. The molecule has 1 aromatic carbocycles. The lowest BCUT2D eigenvalue weighted by Crippen LogP contribution is -2.37. The van der Waals surface area contributed by atoms with E-state index < -0.39 is 41.0 Å². The van der Waals surface area contributed by atoms with Crippen LogP contribution in [-0.4, -0.2) is 34.4 Å². The Morgan fingerprint density at radius 1 is 1.19 bits per heavy atom. The van der Waals surface area contributed by atoms with Crippen molar-refractivity contribution in [3.05, 3.63) is 75.0 Å². The number of rotatable bonds is 2. The van der Waals surface area contributed by atoms with Crippen LogP contribution < -0.4 is 5.56 Å². The highest BCUT2D eigenvalue weighted by Gasteiger charge is 2.34. The molecule has 0 radical (unpaired) electrons. The molecule has 0 aliphatic carbocycles. The molecule has 1 amide bonds. The van der Waals surface area contributed by atoms with Crippen molar-refractivity contribution in [1.29, 1.82) is 0 Å². The number of likely N-dealkylation sites (N-methyl/N-ethyl adjacent to an activating group) is 1. The first-order chi connectivity index (χ1) is 14.6. The van der Waals surface area contributed by atoms with E-state index in [4.69, 9.17) is 4.74 Å². The summed E-state index contributed by atoms with van der Waals surface area (Å²) in [6.45, 7) is -0.0384. The summed E-state index contributed by atoms with van der Waals surface area (Å²) in [4.78, 5) is 32.2. The maximum Gasteiger partial charge on any atom is 0.433 e. The number of amides is 1. The largest absolute Gasteiger partial charge is 0.433 e. The Morgan fingerprint density at radius 3 is 2.48 bits per heavy atom. The van der Waals surface area contributed by atoms with Gasteiger partial charge in [0.1, 0.15) is 5.69 Å². The van der Waals surface area contributed by atoms with Gasteiger partial charge >= 0.3 is 6.18 Å². The number of halogens is 5. The van der Waals surface area contributed by atoms with Gasteiger partial charge in [-0.2, -0.15) is 13.2 Å². The van der Waals surface area contributed by atoms with Gasteiger partial charge in [-0.15, -0.1) is 0 Å². The smallest absolute Gasteiger partial charge is 0.373 e. The fourth-order valence-electron chi connectivity index (χ4n) is 3.58. The number of alkyl halides is 3. The van der Waals surface area contributed by atoms with Gasteiger partial charge in [-0.25, -0.2) is 8.78 Å². The molecule has 11 heteroatoms. The summed E-state index contributed by atoms with van der Waals surface area (Å²) >= 11 is 0. The van der Waals surface area contributed by atoms with E-state index in [-0.39, 0.29) is 29.5 Å². The third kappa shape index (κ3) is 3.65. The standard InChI is InChI=1S/C20H14F5N3O3/c1-28(19(30)9-2-3-16(26-6-9)20(23,24)25)15-8-31-7-14-17(15)10-4-12(21)13(22)5-11(10)18(29)27-14/h2-6,15H,7-8H2,1H3,(H,27,29). The van der Waals surface area contributed by atoms with E-state index in [0.717, 1.165) is 24.4 Å². The van der Waals surface area contributed by atoms with E-state index >= 15 is 0 Å². The number of aromatic amines is 1. The highest BCUT2D eigenvalue weighted by molar-refractivity contribution is 5.95. The number of pyridine rings is 2. The molecule has 3 heterocycles. The van der Waals surface area contributed by atoms with Gasteiger partial charge in [0, 0.05) is 24.5 Å². The highest BCUT2D eigenvalue weighted by Crippen LogP contribution is 2.34. The lowest BCUT2D eigenvalue weighted by Gasteiger charge is -2.33. The molecular weight excluding hydrogens is 425 g/mol. The minimum Gasteiger partial charge on any atom is -0.373 e. The van der Waals surface area contributed by atoms with E-state index in [9.17, 15) is 31.5 Å². The first-order valence-electron chi connectivity index (χ1n) is 9.00. The predicted molar refractivity (Wildman–Crippen MR) is 98.2 cm³/mol. The van der Waals surface area contributed by atoms with Crippen LogP contribution in [0.2, 0.25) is 0 Å². The summed E-state index contributed by atoms with van der Waals surface area (Å²) in [5.74, 6) is -3.02. The average molecular weight is 439 g/mol. The Bertz CT molecular complexity index is 1240. The SMILES string of the molecule is CN(C(=O)c1ccc(C(F)(F)F)nc1)C1COCc2[nH]c(=O)c3cc(F)c(F)cc3c21. The lowest BCUT2D eigenvalue weighted by atomic mass is 9.95. The number of fused-ring (bicyclic) bond motifs is 3. The summed E-state index contributed by atoms with van der Waals surface area (Å²) in [5.41, 5.74) is -1.22. The van der Waals surface area contributed by atoms with Gasteiger partial charge in [0.2, 0.25) is 0 Å². The summed E-state index contributed by atoms with van der Waals surface area (Å²) in [6.07, 6.45) is -3.83. The van der Waals surface area contributed by atoms with Crippen LogP contribution in [-0.2, 0) is 17.5 Å². The molecule has 31 heavy (non-hydrogen) atoms. The molecular formula is C20H14F5N3O3. The Balaban J connectivity index is 1.77. The van der Waals surface area contributed by atoms with Gasteiger partial charge in [-0.1, -0.05) is 0 Å². The molecule has 0 bridgehead atoms. The number of nitrogens with one attached hydrogen (secondary N) is 1. The van der Waals surface area contributed by atoms with E-state index in [2.05, 4.69) is 9.97 Å². The maximum absolute atomic E-state index is 13.9. The van der Waals surface area contributed by atoms with E-state index in [1.54, 1.807) is 0 Å². The second-order valence-electron chi connectivity index (χ2n) is 7.04. The van der Waals surface area contributed by atoms with Crippen LogP contribution in [0.5, 0.6) is 0 Å². The first-order valence-corrected chi connectivity index (χ1v) is 9.00. The van der Waals surface area contributed by atoms with Crippen LogP contribution in [0.4, 0.5) is 22.0 Å². The van der Waals surface area contributed by atoms with Crippen molar-refractivity contribution in [2.45, 2.75) is 18.8 Å². The van der Waals surface area contributed by atoms with E-state index in [1.807, 2.05) is 0 Å². The molecule has 1 atom stereocenters. The number of H-pyrrole nitrogens is 1. The molecule has 6 nitrogen and oxygen atoms in total. The normalized spacial score (nSPS) is 16.3. The zero-order chi connectivity index (χ0) is 22.5. The predicted octanol–water partition coefficient (Wildman–Crippen LogP) is 3.56. The molecule has 1 aliphatic rings. The summed E-state index contributed by atoms with van der Waals surface area (Å²) < 4.78 is 71.2. The van der Waals surface area contributed by atoms with Gasteiger partial charge in [-0.3, -0.25) is 14.6 Å². The molecule has 162 valence electrons. The van der Waals surface area contributed by atoms with Gasteiger partial charge in [0.15, 0.2) is 11.6 Å². The van der Waals surface area contributed by atoms with Gasteiger partial charge in [0.05, 0.1) is 30.2 Å². The number of benzene rings is 1. The fraction of sp³-hybridized carbons (Fsp3) is 0.250. The Labute approximate surface area is 171 Å². The van der Waals surface area contributed by atoms with Crippen molar-refractivity contribution >= 4 is 16.7 Å². The van der Waals surface area contributed by atoms with Crippen LogP contribution >= 0.6 is 0 Å². The molecule has 0 fully saturated rings. The molecule has 0 saturated carbocycles. The summed E-state index contributed by atoms with van der Waals surface area (Å²) in [5, 5.41) is 0.0257. The number of ether oxygens (including phenoxy) is 1. The second kappa shape index (κ2) is 7.41. The van der Waals surface area contributed by atoms with Crippen molar-refractivity contribution in [2.75, 3.05) is 13.7 Å². The fourth-order valence-corrected chi connectivity index (χ4v) is 3.58. The third-order valence-corrected chi connectivity index (χ3v) is 5.13. The van der Waals surface area contributed by atoms with Crippen molar-refractivity contribution < 1.29 is 31.5 Å². The van der Waals surface area contributed by atoms with Crippen molar-refractivity contribution in [2.24, 2.45) is 0 Å².